The van der Waals surface area contributed by atoms with E-state index in [-0.39, 0.29) is 6.04 Å². The first-order valence-corrected chi connectivity index (χ1v) is 8.14. The lowest BCUT2D eigenvalue weighted by Crippen LogP contribution is -2.38. The summed E-state index contributed by atoms with van der Waals surface area (Å²) < 4.78 is 27.0. The molecule has 0 aliphatic carbocycles. The molecule has 0 amide bonds. The molecule has 0 aliphatic rings. The van der Waals surface area contributed by atoms with Gasteiger partial charge in [-0.2, -0.15) is 4.31 Å². The SMILES string of the molecule is CCC(C)N(CC)S(=O)(=O)c1cccc(CN)c1C. The van der Waals surface area contributed by atoms with Crippen LogP contribution in [0.2, 0.25) is 0 Å². The molecule has 5 heteroatoms. The van der Waals surface area contributed by atoms with Crippen molar-refractivity contribution >= 4 is 10.0 Å². The molecular weight excluding hydrogens is 260 g/mol. The largest absolute Gasteiger partial charge is 0.326 e. The van der Waals surface area contributed by atoms with E-state index in [9.17, 15) is 8.42 Å². The van der Waals surface area contributed by atoms with Gasteiger partial charge in [-0.25, -0.2) is 8.42 Å². The highest BCUT2D eigenvalue weighted by Crippen LogP contribution is 2.24. The molecule has 0 aliphatic heterocycles. The lowest BCUT2D eigenvalue weighted by Gasteiger charge is -2.27. The zero-order chi connectivity index (χ0) is 14.6. The van der Waals surface area contributed by atoms with Crippen molar-refractivity contribution in [2.75, 3.05) is 6.54 Å². The maximum atomic E-state index is 12.7. The third-order valence-corrected chi connectivity index (χ3v) is 5.83. The van der Waals surface area contributed by atoms with Crippen molar-refractivity contribution in [3.63, 3.8) is 0 Å². The van der Waals surface area contributed by atoms with Gasteiger partial charge in [0.1, 0.15) is 0 Å². The van der Waals surface area contributed by atoms with E-state index in [1.807, 2.05) is 33.8 Å². The molecule has 19 heavy (non-hydrogen) atoms. The Morgan fingerprint density at radius 1 is 1.32 bits per heavy atom. The second-order valence-electron chi connectivity index (χ2n) is 4.71. The average molecular weight is 284 g/mol. The molecule has 0 spiro atoms. The van der Waals surface area contributed by atoms with Crippen LogP contribution >= 0.6 is 0 Å². The summed E-state index contributed by atoms with van der Waals surface area (Å²) >= 11 is 0. The van der Waals surface area contributed by atoms with Crippen LogP contribution in [0, 0.1) is 6.92 Å². The first-order chi connectivity index (χ1) is 8.89. The van der Waals surface area contributed by atoms with Gasteiger partial charge in [-0.05, 0) is 37.5 Å². The van der Waals surface area contributed by atoms with Crippen LogP contribution in [0.3, 0.4) is 0 Å². The first-order valence-electron chi connectivity index (χ1n) is 6.70. The Morgan fingerprint density at radius 3 is 2.42 bits per heavy atom. The molecule has 0 bridgehead atoms. The third kappa shape index (κ3) is 3.16. The summed E-state index contributed by atoms with van der Waals surface area (Å²) in [4.78, 5) is 0.373. The van der Waals surface area contributed by atoms with E-state index >= 15 is 0 Å². The molecule has 2 N–H and O–H groups in total. The summed E-state index contributed by atoms with van der Waals surface area (Å²) in [6.45, 7) is 8.44. The van der Waals surface area contributed by atoms with Gasteiger partial charge in [0, 0.05) is 19.1 Å². The van der Waals surface area contributed by atoms with Crippen LogP contribution in [0.25, 0.3) is 0 Å². The van der Waals surface area contributed by atoms with E-state index in [4.69, 9.17) is 5.73 Å². The number of sulfonamides is 1. The van der Waals surface area contributed by atoms with Gasteiger partial charge in [0.05, 0.1) is 4.90 Å². The van der Waals surface area contributed by atoms with Crippen molar-refractivity contribution in [3.8, 4) is 0 Å². The number of hydrogen-bond donors (Lipinski definition) is 1. The number of rotatable bonds is 6. The predicted molar refractivity (Wildman–Crippen MR) is 78.4 cm³/mol. The van der Waals surface area contributed by atoms with Gasteiger partial charge in [-0.3, -0.25) is 0 Å². The average Bonchev–Trinajstić information content (AvgIpc) is 2.38. The molecule has 0 aromatic heterocycles. The summed E-state index contributed by atoms with van der Waals surface area (Å²) in [5, 5.41) is 0. The van der Waals surface area contributed by atoms with Crippen LogP contribution in [0.4, 0.5) is 0 Å². The Morgan fingerprint density at radius 2 is 1.95 bits per heavy atom. The number of nitrogens with two attached hydrogens (primary N) is 1. The molecule has 1 aromatic carbocycles. The number of nitrogens with zero attached hydrogens (tertiary/aromatic N) is 1. The molecule has 0 fully saturated rings. The molecule has 0 saturated heterocycles. The van der Waals surface area contributed by atoms with E-state index < -0.39 is 10.0 Å². The molecule has 1 aromatic rings. The molecule has 1 atom stereocenters. The minimum Gasteiger partial charge on any atom is -0.326 e. The van der Waals surface area contributed by atoms with Gasteiger partial charge in [0.15, 0.2) is 0 Å². The van der Waals surface area contributed by atoms with Gasteiger partial charge in [-0.1, -0.05) is 26.0 Å². The van der Waals surface area contributed by atoms with Gasteiger partial charge in [0.25, 0.3) is 0 Å². The van der Waals surface area contributed by atoms with Crippen LogP contribution < -0.4 is 5.73 Å². The summed E-state index contributed by atoms with van der Waals surface area (Å²) in [7, 11) is -3.45. The normalized spacial score (nSPS) is 13.8. The molecular formula is C14H24N2O2S. The van der Waals surface area contributed by atoms with Gasteiger partial charge in [0.2, 0.25) is 10.0 Å². The maximum absolute atomic E-state index is 12.7. The summed E-state index contributed by atoms with van der Waals surface area (Å²) in [6, 6.07) is 5.28. The summed E-state index contributed by atoms with van der Waals surface area (Å²) in [5.74, 6) is 0. The molecule has 0 heterocycles. The van der Waals surface area contributed by atoms with Crippen LogP contribution in [-0.2, 0) is 16.6 Å². The Hall–Kier alpha value is -0.910. The minimum absolute atomic E-state index is 0.00377. The maximum Gasteiger partial charge on any atom is 0.243 e. The fourth-order valence-electron chi connectivity index (χ4n) is 2.21. The van der Waals surface area contributed by atoms with Gasteiger partial charge >= 0.3 is 0 Å². The van der Waals surface area contributed by atoms with Crippen LogP contribution in [-0.4, -0.2) is 25.3 Å². The molecule has 4 nitrogen and oxygen atoms in total. The number of benzene rings is 1. The van der Waals surface area contributed by atoms with Crippen LogP contribution in [0.5, 0.6) is 0 Å². The molecule has 1 rings (SSSR count). The smallest absolute Gasteiger partial charge is 0.243 e. The molecule has 1 unspecified atom stereocenters. The van der Waals surface area contributed by atoms with E-state index in [0.29, 0.717) is 18.0 Å². The topological polar surface area (TPSA) is 63.4 Å². The Kier molecular flexibility index (Phi) is 5.52. The fourth-order valence-corrected chi connectivity index (χ4v) is 4.19. The highest BCUT2D eigenvalue weighted by Gasteiger charge is 2.28. The Balaban J connectivity index is 3.34. The van der Waals surface area contributed by atoms with E-state index in [0.717, 1.165) is 17.5 Å². The van der Waals surface area contributed by atoms with Crippen molar-refractivity contribution in [3.05, 3.63) is 29.3 Å². The standard InChI is InChI=1S/C14H24N2O2S/c1-5-11(3)16(6-2)19(17,18)14-9-7-8-13(10-15)12(14)4/h7-9,11H,5-6,10,15H2,1-4H3. The zero-order valence-corrected chi connectivity index (χ0v) is 13.0. The second kappa shape index (κ2) is 6.50. The monoisotopic (exact) mass is 284 g/mol. The van der Waals surface area contributed by atoms with E-state index in [1.54, 1.807) is 16.4 Å². The second-order valence-corrected chi connectivity index (χ2v) is 6.57. The molecule has 0 saturated carbocycles. The van der Waals surface area contributed by atoms with Crippen molar-refractivity contribution in [2.45, 2.75) is 51.6 Å². The van der Waals surface area contributed by atoms with Gasteiger partial charge < -0.3 is 5.73 Å². The van der Waals surface area contributed by atoms with Crippen LogP contribution in [0.1, 0.15) is 38.3 Å². The fraction of sp³-hybridized carbons (Fsp3) is 0.571. The van der Waals surface area contributed by atoms with Crippen molar-refractivity contribution in [1.29, 1.82) is 0 Å². The highest BCUT2D eigenvalue weighted by molar-refractivity contribution is 7.89. The summed E-state index contributed by atoms with van der Waals surface area (Å²) in [5.41, 5.74) is 7.28. The first kappa shape index (κ1) is 16.1. The molecule has 0 radical (unpaired) electrons. The third-order valence-electron chi connectivity index (χ3n) is 3.60. The van der Waals surface area contributed by atoms with E-state index in [2.05, 4.69) is 0 Å². The van der Waals surface area contributed by atoms with Gasteiger partial charge in [-0.15, -0.1) is 0 Å². The number of hydrogen-bond acceptors (Lipinski definition) is 3. The lowest BCUT2D eigenvalue weighted by molar-refractivity contribution is 0.342. The van der Waals surface area contributed by atoms with Crippen LogP contribution in [0.15, 0.2) is 23.1 Å². The van der Waals surface area contributed by atoms with Crippen molar-refractivity contribution < 1.29 is 8.42 Å². The highest BCUT2D eigenvalue weighted by atomic mass is 32.2. The predicted octanol–water partition coefficient (Wildman–Crippen LogP) is 2.26. The van der Waals surface area contributed by atoms with Crippen molar-refractivity contribution in [1.82, 2.24) is 4.31 Å². The Labute approximate surface area is 116 Å². The van der Waals surface area contributed by atoms with Crippen molar-refractivity contribution in [2.24, 2.45) is 5.73 Å². The van der Waals surface area contributed by atoms with E-state index in [1.165, 1.54) is 0 Å². The molecule has 108 valence electrons. The summed E-state index contributed by atoms with van der Waals surface area (Å²) in [6.07, 6.45) is 0.794. The Bertz CT molecular complexity index is 526. The minimum atomic E-state index is -3.45. The zero-order valence-electron chi connectivity index (χ0n) is 12.2. The quantitative estimate of drug-likeness (QED) is 0.871. The lowest BCUT2D eigenvalue weighted by atomic mass is 10.1.